The molecule has 1 saturated heterocycles. The van der Waals surface area contributed by atoms with Gasteiger partial charge in [-0.25, -0.2) is 4.98 Å². The van der Waals surface area contributed by atoms with Crippen molar-refractivity contribution in [1.82, 2.24) is 25.3 Å². The number of H-pyrrole nitrogens is 1. The van der Waals surface area contributed by atoms with Crippen LogP contribution in [0, 0.1) is 0 Å². The number of carbonyl (C=O) groups excluding carboxylic acids is 1. The van der Waals surface area contributed by atoms with Crippen LogP contribution in [0.4, 0.5) is 5.82 Å². The minimum Gasteiger partial charge on any atom is -0.381 e. The van der Waals surface area contributed by atoms with Gasteiger partial charge >= 0.3 is 0 Å². The number of likely N-dealkylation sites (tertiary alicyclic amines) is 1. The molecule has 2 aromatic heterocycles. The minimum atomic E-state index is -1.14. The van der Waals surface area contributed by atoms with Gasteiger partial charge in [-0.1, -0.05) is 6.92 Å². The molecule has 1 amide bonds. The van der Waals surface area contributed by atoms with Gasteiger partial charge in [0.05, 0.1) is 18.3 Å². The number of hydrogen-bond donors (Lipinski definition) is 2. The van der Waals surface area contributed by atoms with Gasteiger partial charge in [0.1, 0.15) is 17.1 Å². The van der Waals surface area contributed by atoms with E-state index in [9.17, 15) is 9.90 Å². The van der Waals surface area contributed by atoms with Gasteiger partial charge in [0, 0.05) is 32.3 Å². The van der Waals surface area contributed by atoms with Gasteiger partial charge in [-0.3, -0.25) is 4.79 Å². The van der Waals surface area contributed by atoms with Gasteiger partial charge in [0.2, 0.25) is 0 Å². The first-order valence-corrected chi connectivity index (χ1v) is 8.66. The molecular weight excluding hydrogens is 320 g/mol. The van der Waals surface area contributed by atoms with Crippen LogP contribution in [-0.2, 0) is 5.60 Å². The first kappa shape index (κ1) is 17.3. The summed E-state index contributed by atoms with van der Waals surface area (Å²) in [7, 11) is 0. The highest BCUT2D eigenvalue weighted by molar-refractivity contribution is 5.94. The number of nitrogens with one attached hydrogen (secondary N) is 1. The second kappa shape index (κ2) is 7.18. The molecule has 8 nitrogen and oxygen atoms in total. The highest BCUT2D eigenvalue weighted by Crippen LogP contribution is 2.31. The number of carbonyl (C=O) groups is 1. The Balaban J connectivity index is 1.69. The number of pyridine rings is 1. The van der Waals surface area contributed by atoms with Crippen LogP contribution in [0.2, 0.25) is 0 Å². The molecule has 1 fully saturated rings. The van der Waals surface area contributed by atoms with Crippen LogP contribution in [0.1, 0.15) is 42.7 Å². The number of aliphatic hydroxyl groups is 1. The van der Waals surface area contributed by atoms with E-state index in [1.54, 1.807) is 17.2 Å². The lowest BCUT2D eigenvalue weighted by atomic mass is 10.00. The van der Waals surface area contributed by atoms with Crippen molar-refractivity contribution in [3.8, 4) is 0 Å². The predicted octanol–water partition coefficient (Wildman–Crippen LogP) is 1.17. The van der Waals surface area contributed by atoms with E-state index in [0.717, 1.165) is 25.3 Å². The van der Waals surface area contributed by atoms with Gasteiger partial charge in [0.15, 0.2) is 0 Å². The number of β-amino-alcohol motifs (C(OH)–C–C–N with tert-alkyl or cyclic N) is 1. The average molecular weight is 344 g/mol. The maximum atomic E-state index is 12.7. The van der Waals surface area contributed by atoms with Gasteiger partial charge < -0.3 is 14.9 Å². The third kappa shape index (κ3) is 3.48. The molecule has 0 spiro atoms. The van der Waals surface area contributed by atoms with Crippen molar-refractivity contribution in [3.63, 3.8) is 0 Å². The SMILES string of the molecule is CCCN(CC)c1ccc(C(=O)N2CC[C@](O)(c3cn[nH]n3)C2)cn1. The maximum absolute atomic E-state index is 12.7. The molecule has 0 radical (unpaired) electrons. The largest absolute Gasteiger partial charge is 0.381 e. The lowest BCUT2D eigenvalue weighted by Gasteiger charge is -2.22. The summed E-state index contributed by atoms with van der Waals surface area (Å²) in [5, 5.41) is 20.9. The van der Waals surface area contributed by atoms with Crippen LogP contribution < -0.4 is 4.90 Å². The first-order valence-electron chi connectivity index (χ1n) is 8.66. The van der Waals surface area contributed by atoms with Crippen molar-refractivity contribution in [3.05, 3.63) is 35.8 Å². The lowest BCUT2D eigenvalue weighted by Crippen LogP contribution is -2.34. The summed E-state index contributed by atoms with van der Waals surface area (Å²) >= 11 is 0. The van der Waals surface area contributed by atoms with E-state index in [1.165, 1.54) is 6.20 Å². The number of amides is 1. The second-order valence-corrected chi connectivity index (χ2v) is 6.35. The summed E-state index contributed by atoms with van der Waals surface area (Å²) < 4.78 is 0. The molecular formula is C17H24N6O2. The van der Waals surface area contributed by atoms with Crippen LogP contribution in [0.15, 0.2) is 24.5 Å². The third-order valence-corrected chi connectivity index (χ3v) is 4.62. The summed E-state index contributed by atoms with van der Waals surface area (Å²) in [4.78, 5) is 20.9. The smallest absolute Gasteiger partial charge is 0.255 e. The Hall–Kier alpha value is -2.48. The second-order valence-electron chi connectivity index (χ2n) is 6.35. The minimum absolute atomic E-state index is 0.128. The van der Waals surface area contributed by atoms with Crippen LogP contribution in [0.5, 0.6) is 0 Å². The predicted molar refractivity (Wildman–Crippen MR) is 93.2 cm³/mol. The number of hydrogen-bond acceptors (Lipinski definition) is 6. The average Bonchev–Trinajstić information content (AvgIpc) is 3.30. The van der Waals surface area contributed by atoms with Crippen molar-refractivity contribution >= 4 is 11.7 Å². The molecule has 3 heterocycles. The Kier molecular flexibility index (Phi) is 4.98. The van der Waals surface area contributed by atoms with E-state index < -0.39 is 5.60 Å². The third-order valence-electron chi connectivity index (χ3n) is 4.62. The van der Waals surface area contributed by atoms with Crippen molar-refractivity contribution in [1.29, 1.82) is 0 Å². The molecule has 1 aliphatic rings. The van der Waals surface area contributed by atoms with Gasteiger partial charge in [-0.15, -0.1) is 0 Å². The Morgan fingerprint density at radius 2 is 2.24 bits per heavy atom. The van der Waals surface area contributed by atoms with Crippen LogP contribution >= 0.6 is 0 Å². The summed E-state index contributed by atoms with van der Waals surface area (Å²) in [5.41, 5.74) is -0.147. The molecule has 134 valence electrons. The standard InChI is InChI=1S/C17H24N6O2/c1-3-8-22(4-2)15-6-5-13(10-18-15)16(24)23-9-7-17(25,12-23)14-11-19-21-20-14/h5-6,10-11,25H,3-4,7-9,12H2,1-2H3,(H,19,20,21)/t17-/m1/s1. The fraction of sp³-hybridized carbons (Fsp3) is 0.529. The Bertz CT molecular complexity index is 702. The molecule has 0 aliphatic carbocycles. The molecule has 3 rings (SSSR count). The van der Waals surface area contributed by atoms with Crippen LogP contribution in [0.25, 0.3) is 0 Å². The number of aromatic amines is 1. The number of aromatic nitrogens is 4. The molecule has 25 heavy (non-hydrogen) atoms. The molecule has 0 saturated carbocycles. The quantitative estimate of drug-likeness (QED) is 0.816. The van der Waals surface area contributed by atoms with Gasteiger partial charge in [-0.2, -0.15) is 15.4 Å². The maximum Gasteiger partial charge on any atom is 0.255 e. The molecule has 0 aromatic carbocycles. The van der Waals surface area contributed by atoms with Crippen molar-refractivity contribution in [2.24, 2.45) is 0 Å². The van der Waals surface area contributed by atoms with Gasteiger partial charge in [0.25, 0.3) is 5.91 Å². The van der Waals surface area contributed by atoms with E-state index in [-0.39, 0.29) is 12.5 Å². The zero-order valence-corrected chi connectivity index (χ0v) is 14.6. The molecule has 1 aliphatic heterocycles. The zero-order chi connectivity index (χ0) is 17.9. The lowest BCUT2D eigenvalue weighted by molar-refractivity contribution is 0.0382. The zero-order valence-electron chi connectivity index (χ0n) is 14.6. The summed E-state index contributed by atoms with van der Waals surface area (Å²) in [6, 6.07) is 3.68. The molecule has 0 unspecified atom stereocenters. The normalized spacial score (nSPS) is 20.0. The highest BCUT2D eigenvalue weighted by atomic mass is 16.3. The number of anilines is 1. The van der Waals surface area contributed by atoms with E-state index in [0.29, 0.717) is 24.2 Å². The molecule has 2 N–H and O–H groups in total. The summed E-state index contributed by atoms with van der Waals surface area (Å²) in [5.74, 6) is 0.749. The Morgan fingerprint density at radius 1 is 1.40 bits per heavy atom. The Morgan fingerprint density at radius 3 is 2.84 bits per heavy atom. The molecule has 8 heteroatoms. The first-order chi connectivity index (χ1) is 12.1. The summed E-state index contributed by atoms with van der Waals surface area (Å²) in [6.07, 6.45) is 4.60. The molecule has 1 atom stereocenters. The van der Waals surface area contributed by atoms with Crippen molar-refractivity contribution in [2.75, 3.05) is 31.1 Å². The van der Waals surface area contributed by atoms with E-state index in [1.807, 2.05) is 6.07 Å². The highest BCUT2D eigenvalue weighted by Gasteiger charge is 2.41. The molecule has 0 bridgehead atoms. The number of nitrogens with zero attached hydrogens (tertiary/aromatic N) is 5. The number of rotatable bonds is 6. The monoisotopic (exact) mass is 344 g/mol. The molecule has 2 aromatic rings. The van der Waals surface area contributed by atoms with Gasteiger partial charge in [-0.05, 0) is 25.5 Å². The van der Waals surface area contributed by atoms with E-state index in [2.05, 4.69) is 39.1 Å². The van der Waals surface area contributed by atoms with Crippen LogP contribution in [0.3, 0.4) is 0 Å². The fourth-order valence-electron chi connectivity index (χ4n) is 3.19. The van der Waals surface area contributed by atoms with E-state index in [4.69, 9.17) is 0 Å². The van der Waals surface area contributed by atoms with Crippen molar-refractivity contribution in [2.45, 2.75) is 32.3 Å². The van der Waals surface area contributed by atoms with Crippen molar-refractivity contribution < 1.29 is 9.90 Å². The van der Waals surface area contributed by atoms with E-state index >= 15 is 0 Å². The topological polar surface area (TPSA) is 98.2 Å². The Labute approximate surface area is 146 Å². The van der Waals surface area contributed by atoms with Crippen LogP contribution in [-0.4, -0.2) is 62.5 Å². The fourth-order valence-corrected chi connectivity index (χ4v) is 3.19. The summed E-state index contributed by atoms with van der Waals surface area (Å²) in [6.45, 7) is 6.71.